The van der Waals surface area contributed by atoms with Crippen molar-refractivity contribution in [2.45, 2.75) is 0 Å². The quantitative estimate of drug-likeness (QED) is 0.252. The minimum Gasteiger partial charge on any atom is -0.399 e. The molecule has 0 fully saturated rings. The van der Waals surface area contributed by atoms with E-state index in [4.69, 9.17) is 5.73 Å². The van der Waals surface area contributed by atoms with E-state index in [0.29, 0.717) is 11.3 Å². The van der Waals surface area contributed by atoms with Crippen molar-refractivity contribution < 1.29 is 4.79 Å². The van der Waals surface area contributed by atoms with Gasteiger partial charge in [-0.2, -0.15) is 5.10 Å². The molecular weight excluding hydrogens is 322 g/mol. The summed E-state index contributed by atoms with van der Waals surface area (Å²) in [6.07, 6.45) is 1.71. The van der Waals surface area contributed by atoms with Crippen LogP contribution in [0, 0.1) is 0 Å². The average Bonchev–Trinajstić information content (AvgIpc) is 2.68. The van der Waals surface area contributed by atoms with E-state index in [-0.39, 0.29) is 5.91 Å². The van der Waals surface area contributed by atoms with Crippen LogP contribution in [0.4, 0.5) is 5.69 Å². The van der Waals surface area contributed by atoms with Crippen LogP contribution in [0.2, 0.25) is 0 Å². The molecule has 0 aliphatic rings. The number of carbonyl (C=O) groups excluding carboxylic acids is 1. The van der Waals surface area contributed by atoms with Crippen molar-refractivity contribution in [1.82, 2.24) is 5.43 Å². The zero-order valence-corrected chi connectivity index (χ0v) is 14.0. The molecule has 0 radical (unpaired) electrons. The SMILES string of the molecule is Nc1ccc(C(=O)N/N=C/c2c3ccccc3cc3ccccc23)cc1. The lowest BCUT2D eigenvalue weighted by Crippen LogP contribution is -2.17. The van der Waals surface area contributed by atoms with Crippen molar-refractivity contribution in [3.05, 3.63) is 90.0 Å². The van der Waals surface area contributed by atoms with Gasteiger partial charge in [-0.3, -0.25) is 4.79 Å². The average molecular weight is 339 g/mol. The molecule has 4 heteroatoms. The van der Waals surface area contributed by atoms with Gasteiger partial charge in [0.1, 0.15) is 0 Å². The highest BCUT2D eigenvalue weighted by Crippen LogP contribution is 2.27. The molecule has 0 aromatic heterocycles. The number of carbonyl (C=O) groups is 1. The van der Waals surface area contributed by atoms with Crippen LogP contribution in [-0.2, 0) is 0 Å². The number of hydrazone groups is 1. The molecule has 0 heterocycles. The van der Waals surface area contributed by atoms with Gasteiger partial charge in [0, 0.05) is 16.8 Å². The van der Waals surface area contributed by atoms with Crippen LogP contribution in [-0.4, -0.2) is 12.1 Å². The van der Waals surface area contributed by atoms with E-state index in [9.17, 15) is 4.79 Å². The fourth-order valence-electron chi connectivity index (χ4n) is 3.04. The number of hydrogen-bond donors (Lipinski definition) is 2. The first-order chi connectivity index (χ1) is 12.7. The molecule has 0 saturated carbocycles. The topological polar surface area (TPSA) is 67.5 Å². The van der Waals surface area contributed by atoms with E-state index in [0.717, 1.165) is 27.1 Å². The Balaban J connectivity index is 1.70. The number of rotatable bonds is 3. The number of anilines is 1. The summed E-state index contributed by atoms with van der Waals surface area (Å²) in [5.74, 6) is -0.272. The first-order valence-electron chi connectivity index (χ1n) is 8.32. The second kappa shape index (κ2) is 6.69. The standard InChI is InChI=1S/C22H17N3O/c23-18-11-9-15(10-12-18)22(26)25-24-14-21-19-7-3-1-5-16(19)13-17-6-2-4-8-20(17)21/h1-14H,23H2,(H,25,26)/b24-14+. The van der Waals surface area contributed by atoms with Crippen LogP contribution >= 0.6 is 0 Å². The number of hydrogen-bond acceptors (Lipinski definition) is 3. The lowest BCUT2D eigenvalue weighted by atomic mass is 9.97. The van der Waals surface area contributed by atoms with Crippen LogP contribution in [0.1, 0.15) is 15.9 Å². The molecule has 0 saturated heterocycles. The van der Waals surface area contributed by atoms with Gasteiger partial charge in [0.25, 0.3) is 5.91 Å². The van der Waals surface area contributed by atoms with Gasteiger partial charge in [-0.15, -0.1) is 0 Å². The monoisotopic (exact) mass is 339 g/mol. The van der Waals surface area contributed by atoms with Gasteiger partial charge in [-0.25, -0.2) is 5.43 Å². The highest BCUT2D eigenvalue weighted by atomic mass is 16.2. The van der Waals surface area contributed by atoms with Crippen molar-refractivity contribution in [3.8, 4) is 0 Å². The Hall–Kier alpha value is -3.66. The third-order valence-corrected chi connectivity index (χ3v) is 4.35. The Bertz CT molecular complexity index is 1080. The predicted molar refractivity (Wildman–Crippen MR) is 107 cm³/mol. The van der Waals surface area contributed by atoms with E-state index in [2.05, 4.69) is 40.9 Å². The Morgan fingerprint density at radius 1 is 0.846 bits per heavy atom. The maximum Gasteiger partial charge on any atom is 0.271 e. The Morgan fingerprint density at radius 3 is 2.04 bits per heavy atom. The van der Waals surface area contributed by atoms with E-state index < -0.39 is 0 Å². The summed E-state index contributed by atoms with van der Waals surface area (Å²) in [6, 6.07) is 25.2. The summed E-state index contributed by atoms with van der Waals surface area (Å²) in [7, 11) is 0. The Kier molecular flexibility index (Phi) is 4.07. The van der Waals surface area contributed by atoms with E-state index in [1.807, 2.05) is 24.3 Å². The van der Waals surface area contributed by atoms with E-state index in [1.54, 1.807) is 30.5 Å². The molecule has 4 aromatic carbocycles. The maximum absolute atomic E-state index is 12.2. The zero-order valence-electron chi connectivity index (χ0n) is 14.0. The molecule has 4 rings (SSSR count). The Labute approximate surface area is 150 Å². The second-order valence-electron chi connectivity index (χ2n) is 6.05. The maximum atomic E-state index is 12.2. The van der Waals surface area contributed by atoms with Gasteiger partial charge in [-0.05, 0) is 51.9 Å². The van der Waals surface area contributed by atoms with Crippen LogP contribution < -0.4 is 11.2 Å². The van der Waals surface area contributed by atoms with Gasteiger partial charge in [0.15, 0.2) is 0 Å². The molecule has 0 spiro atoms. The third kappa shape index (κ3) is 3.00. The largest absolute Gasteiger partial charge is 0.399 e. The van der Waals surface area contributed by atoms with E-state index >= 15 is 0 Å². The molecule has 126 valence electrons. The van der Waals surface area contributed by atoms with Crippen LogP contribution in [0.25, 0.3) is 21.5 Å². The first kappa shape index (κ1) is 15.8. The molecule has 0 atom stereocenters. The fraction of sp³-hybridized carbons (Fsp3) is 0. The molecule has 4 aromatic rings. The van der Waals surface area contributed by atoms with Crippen LogP contribution in [0.3, 0.4) is 0 Å². The van der Waals surface area contributed by atoms with Gasteiger partial charge in [0.2, 0.25) is 0 Å². The number of amides is 1. The Morgan fingerprint density at radius 2 is 1.42 bits per heavy atom. The van der Waals surface area contributed by atoms with Crippen molar-refractivity contribution in [2.75, 3.05) is 5.73 Å². The van der Waals surface area contributed by atoms with E-state index in [1.165, 1.54) is 0 Å². The molecule has 4 nitrogen and oxygen atoms in total. The molecule has 3 N–H and O–H groups in total. The van der Waals surface area contributed by atoms with Crippen molar-refractivity contribution in [1.29, 1.82) is 0 Å². The van der Waals surface area contributed by atoms with Gasteiger partial charge in [-0.1, -0.05) is 48.5 Å². The number of nitrogens with zero attached hydrogens (tertiary/aromatic N) is 1. The summed E-state index contributed by atoms with van der Waals surface area (Å²) in [5, 5.41) is 8.65. The molecule has 0 aliphatic heterocycles. The number of nitrogen functional groups attached to an aromatic ring is 1. The molecule has 0 aliphatic carbocycles. The van der Waals surface area contributed by atoms with Gasteiger partial charge in [0.05, 0.1) is 6.21 Å². The van der Waals surface area contributed by atoms with Crippen LogP contribution in [0.5, 0.6) is 0 Å². The fourth-order valence-corrected chi connectivity index (χ4v) is 3.04. The predicted octanol–water partition coefficient (Wildman–Crippen LogP) is 4.34. The molecule has 0 bridgehead atoms. The van der Waals surface area contributed by atoms with Gasteiger partial charge >= 0.3 is 0 Å². The first-order valence-corrected chi connectivity index (χ1v) is 8.32. The molecule has 0 unspecified atom stereocenters. The molecule has 26 heavy (non-hydrogen) atoms. The van der Waals surface area contributed by atoms with Gasteiger partial charge < -0.3 is 5.73 Å². The van der Waals surface area contributed by atoms with Crippen LogP contribution in [0.15, 0.2) is 84.0 Å². The summed E-state index contributed by atoms with van der Waals surface area (Å²) in [5.41, 5.74) is 10.3. The minimum absolute atomic E-state index is 0.272. The third-order valence-electron chi connectivity index (χ3n) is 4.35. The highest BCUT2D eigenvalue weighted by molar-refractivity contribution is 6.13. The smallest absolute Gasteiger partial charge is 0.271 e. The number of benzene rings is 4. The highest BCUT2D eigenvalue weighted by Gasteiger charge is 2.06. The summed E-state index contributed by atoms with van der Waals surface area (Å²) in [6.45, 7) is 0. The number of nitrogens with two attached hydrogens (primary N) is 1. The summed E-state index contributed by atoms with van der Waals surface area (Å²) in [4.78, 5) is 12.2. The molecular formula is C22H17N3O. The summed E-state index contributed by atoms with van der Waals surface area (Å²) >= 11 is 0. The summed E-state index contributed by atoms with van der Waals surface area (Å²) < 4.78 is 0. The van der Waals surface area contributed by atoms with Crippen molar-refractivity contribution >= 4 is 39.4 Å². The lowest BCUT2D eigenvalue weighted by Gasteiger charge is -2.08. The normalized spacial score (nSPS) is 11.2. The number of nitrogens with one attached hydrogen (secondary N) is 1. The van der Waals surface area contributed by atoms with Crippen molar-refractivity contribution in [2.24, 2.45) is 5.10 Å². The molecule has 1 amide bonds. The lowest BCUT2D eigenvalue weighted by molar-refractivity contribution is 0.0955. The zero-order chi connectivity index (χ0) is 17.9. The van der Waals surface area contributed by atoms with Crippen molar-refractivity contribution in [3.63, 3.8) is 0 Å². The number of fused-ring (bicyclic) bond motifs is 2. The second-order valence-corrected chi connectivity index (χ2v) is 6.05. The minimum atomic E-state index is -0.272.